The zero-order valence-electron chi connectivity index (χ0n) is 17.3. The van der Waals surface area contributed by atoms with Crippen LogP contribution < -0.4 is 21.3 Å². The number of halogens is 1. The van der Waals surface area contributed by atoms with Crippen LogP contribution in [0.25, 0.3) is 33.5 Å². The molecule has 180 valence electrons. The SMILES string of the molecule is NCCCNS(=O)(=O)c1ccc(-c2cc(F)cc3[nH]c(N)nc23)c(-c2nn[nH]n2)c1S(N)(=O)=O. The Morgan fingerprint density at radius 3 is 2.53 bits per heavy atom. The zero-order chi connectivity index (χ0) is 24.7. The first-order valence-corrected chi connectivity index (χ1v) is 12.6. The molecule has 0 atom stereocenters. The van der Waals surface area contributed by atoms with E-state index in [0.29, 0.717) is 6.42 Å². The van der Waals surface area contributed by atoms with E-state index in [1.807, 2.05) is 0 Å². The third-order valence-electron chi connectivity index (χ3n) is 4.80. The van der Waals surface area contributed by atoms with Crippen molar-refractivity contribution < 1.29 is 21.2 Å². The fourth-order valence-electron chi connectivity index (χ4n) is 3.46. The molecule has 2 aromatic carbocycles. The maximum absolute atomic E-state index is 14.4. The van der Waals surface area contributed by atoms with E-state index >= 15 is 0 Å². The third kappa shape index (κ3) is 4.33. The number of nitrogen functional groups attached to an aromatic ring is 1. The second-order valence-corrected chi connectivity index (χ2v) is 10.3. The number of benzene rings is 2. The monoisotopic (exact) mass is 510 g/mol. The highest BCUT2D eigenvalue weighted by molar-refractivity contribution is 7.92. The number of nitrogens with two attached hydrogens (primary N) is 3. The standard InChI is InChI=1S/C17H19FN10O4S2/c18-8-6-10(14-11(7-8)23-17(20)24-14)9-2-3-12(34(31,32)22-5-1-4-19)15(33(21,29)30)13(9)16-25-27-28-26-16/h2-3,6-7,22H,1,4-5,19H2,(H3,20,23,24)(H2,21,29,30)(H,25,26,27,28). The Balaban J connectivity index is 2.11. The number of sulfonamides is 2. The van der Waals surface area contributed by atoms with Crippen LogP contribution in [0.3, 0.4) is 0 Å². The van der Waals surface area contributed by atoms with E-state index < -0.39 is 35.7 Å². The van der Waals surface area contributed by atoms with Crippen LogP contribution in [0.15, 0.2) is 34.1 Å². The molecule has 0 saturated carbocycles. The lowest BCUT2D eigenvalue weighted by Crippen LogP contribution is -2.29. The molecule has 0 radical (unpaired) electrons. The van der Waals surface area contributed by atoms with Gasteiger partial charge >= 0.3 is 0 Å². The highest BCUT2D eigenvalue weighted by Gasteiger charge is 2.32. The van der Waals surface area contributed by atoms with Crippen LogP contribution >= 0.6 is 0 Å². The lowest BCUT2D eigenvalue weighted by atomic mass is 9.97. The number of anilines is 1. The summed E-state index contributed by atoms with van der Waals surface area (Å²) >= 11 is 0. The van der Waals surface area contributed by atoms with Gasteiger partial charge < -0.3 is 16.5 Å². The summed E-state index contributed by atoms with van der Waals surface area (Å²) in [5.41, 5.74) is 11.3. The number of nitrogens with zero attached hydrogens (tertiary/aromatic N) is 4. The van der Waals surface area contributed by atoms with Gasteiger partial charge in [-0.15, -0.1) is 10.2 Å². The van der Waals surface area contributed by atoms with E-state index in [0.717, 1.165) is 18.2 Å². The Hall–Kier alpha value is -3.51. The fourth-order valence-corrected chi connectivity index (χ4v) is 6.14. The molecule has 4 rings (SSSR count). The van der Waals surface area contributed by atoms with Crippen molar-refractivity contribution in [1.82, 2.24) is 35.3 Å². The average molecular weight is 511 g/mol. The molecular weight excluding hydrogens is 491 g/mol. The van der Waals surface area contributed by atoms with Crippen molar-refractivity contribution in [3.63, 3.8) is 0 Å². The van der Waals surface area contributed by atoms with E-state index in [1.54, 1.807) is 0 Å². The largest absolute Gasteiger partial charge is 0.369 e. The molecule has 0 aliphatic carbocycles. The Morgan fingerprint density at radius 2 is 1.88 bits per heavy atom. The molecule has 17 heteroatoms. The lowest BCUT2D eigenvalue weighted by Gasteiger charge is -2.17. The highest BCUT2D eigenvalue weighted by Crippen LogP contribution is 2.41. The molecular formula is C17H19FN10O4S2. The van der Waals surface area contributed by atoms with Crippen LogP contribution in [-0.2, 0) is 20.0 Å². The number of aromatic nitrogens is 6. The van der Waals surface area contributed by atoms with Gasteiger partial charge in [0.2, 0.25) is 25.9 Å². The molecule has 4 aromatic rings. The van der Waals surface area contributed by atoms with Gasteiger partial charge in [0.15, 0.2) is 5.95 Å². The van der Waals surface area contributed by atoms with Gasteiger partial charge in [0, 0.05) is 12.1 Å². The number of hydrogen-bond acceptors (Lipinski definition) is 10. The quantitative estimate of drug-likeness (QED) is 0.164. The van der Waals surface area contributed by atoms with E-state index in [4.69, 9.17) is 16.6 Å². The van der Waals surface area contributed by atoms with Crippen LogP contribution in [0.5, 0.6) is 0 Å². The fraction of sp³-hybridized carbons (Fsp3) is 0.176. The topological polar surface area (TPSA) is 242 Å². The molecule has 14 nitrogen and oxygen atoms in total. The first-order chi connectivity index (χ1) is 16.0. The summed E-state index contributed by atoms with van der Waals surface area (Å²) in [6.45, 7) is 0.166. The Bertz CT molecular complexity index is 1580. The molecule has 9 N–H and O–H groups in total. The minimum Gasteiger partial charge on any atom is -0.369 e. The minimum atomic E-state index is -4.70. The number of aromatic amines is 2. The molecule has 2 heterocycles. The third-order valence-corrected chi connectivity index (χ3v) is 7.42. The second kappa shape index (κ2) is 8.69. The van der Waals surface area contributed by atoms with Gasteiger partial charge in [-0.3, -0.25) is 0 Å². The first-order valence-electron chi connectivity index (χ1n) is 9.61. The molecule has 0 bridgehead atoms. The number of imidazole rings is 1. The van der Waals surface area contributed by atoms with Crippen molar-refractivity contribution in [1.29, 1.82) is 0 Å². The van der Waals surface area contributed by atoms with Crippen molar-refractivity contribution in [2.24, 2.45) is 10.9 Å². The van der Waals surface area contributed by atoms with Crippen molar-refractivity contribution in [2.75, 3.05) is 18.8 Å². The molecule has 34 heavy (non-hydrogen) atoms. The number of hydrogen-bond donors (Lipinski definition) is 6. The van der Waals surface area contributed by atoms with Gasteiger partial charge in [0.25, 0.3) is 0 Å². The van der Waals surface area contributed by atoms with Crippen LogP contribution in [0, 0.1) is 5.82 Å². The lowest BCUT2D eigenvalue weighted by molar-refractivity contribution is 0.572. The predicted octanol–water partition coefficient (Wildman–Crippen LogP) is -0.594. The summed E-state index contributed by atoms with van der Waals surface area (Å²) in [5.74, 6) is -1.00. The van der Waals surface area contributed by atoms with Crippen molar-refractivity contribution in [2.45, 2.75) is 16.2 Å². The van der Waals surface area contributed by atoms with Crippen molar-refractivity contribution in [3.05, 3.63) is 30.1 Å². The van der Waals surface area contributed by atoms with Crippen LogP contribution in [-0.4, -0.2) is 60.5 Å². The van der Waals surface area contributed by atoms with Crippen LogP contribution in [0.1, 0.15) is 6.42 Å². The Morgan fingerprint density at radius 1 is 1.12 bits per heavy atom. The van der Waals surface area contributed by atoms with Gasteiger partial charge in [-0.05, 0) is 41.9 Å². The summed E-state index contributed by atoms with van der Waals surface area (Å²) in [6, 6.07) is 4.55. The number of rotatable bonds is 8. The van der Waals surface area contributed by atoms with Crippen molar-refractivity contribution >= 4 is 37.0 Å². The van der Waals surface area contributed by atoms with Gasteiger partial charge in [-0.1, -0.05) is 6.07 Å². The summed E-state index contributed by atoms with van der Waals surface area (Å²) < 4.78 is 68.1. The molecule has 0 spiro atoms. The normalized spacial score (nSPS) is 12.4. The predicted molar refractivity (Wildman–Crippen MR) is 119 cm³/mol. The maximum atomic E-state index is 14.4. The Kier molecular flexibility index (Phi) is 6.04. The molecule has 0 fully saturated rings. The number of tetrazole rings is 1. The highest BCUT2D eigenvalue weighted by atomic mass is 32.2. The summed E-state index contributed by atoms with van der Waals surface area (Å²) in [4.78, 5) is 5.38. The van der Waals surface area contributed by atoms with E-state index in [9.17, 15) is 21.2 Å². The maximum Gasteiger partial charge on any atom is 0.241 e. The summed E-state index contributed by atoms with van der Waals surface area (Å²) in [6.07, 6.45) is 0.307. The minimum absolute atomic E-state index is 0.0158. The molecule has 0 amide bonds. The number of fused-ring (bicyclic) bond motifs is 1. The molecule has 0 aliphatic heterocycles. The van der Waals surface area contributed by atoms with Crippen molar-refractivity contribution in [3.8, 4) is 22.5 Å². The molecule has 0 aliphatic rings. The summed E-state index contributed by atoms with van der Waals surface area (Å²) in [5, 5.41) is 18.7. The van der Waals surface area contributed by atoms with Gasteiger partial charge in [-0.25, -0.2) is 36.1 Å². The smallest absolute Gasteiger partial charge is 0.241 e. The van der Waals surface area contributed by atoms with Crippen LogP contribution in [0.4, 0.5) is 10.3 Å². The Labute approximate surface area is 192 Å². The average Bonchev–Trinajstić information content (AvgIpc) is 3.40. The zero-order valence-corrected chi connectivity index (χ0v) is 18.9. The summed E-state index contributed by atoms with van der Waals surface area (Å²) in [7, 11) is -9.08. The number of nitrogens with one attached hydrogen (secondary N) is 3. The second-order valence-electron chi connectivity index (χ2n) is 7.11. The first kappa shape index (κ1) is 23.6. The van der Waals surface area contributed by atoms with Gasteiger partial charge in [0.05, 0.1) is 16.6 Å². The van der Waals surface area contributed by atoms with Gasteiger partial charge in [0.1, 0.15) is 15.6 Å². The molecule has 0 unspecified atom stereocenters. The molecule has 0 saturated heterocycles. The van der Waals surface area contributed by atoms with Crippen LogP contribution in [0.2, 0.25) is 0 Å². The van der Waals surface area contributed by atoms with E-state index in [1.165, 1.54) is 6.07 Å². The number of primary sulfonamides is 1. The van der Waals surface area contributed by atoms with E-state index in [2.05, 4.69) is 35.3 Å². The number of H-pyrrole nitrogens is 2. The molecule has 2 aromatic heterocycles. The van der Waals surface area contributed by atoms with Gasteiger partial charge in [-0.2, -0.15) is 5.21 Å². The van der Waals surface area contributed by atoms with E-state index in [-0.39, 0.29) is 52.6 Å².